The lowest BCUT2D eigenvalue weighted by Gasteiger charge is -2.24. The van der Waals surface area contributed by atoms with Crippen LogP contribution in [0.3, 0.4) is 0 Å². The van der Waals surface area contributed by atoms with E-state index in [1.165, 1.54) is 6.33 Å². The highest BCUT2D eigenvalue weighted by molar-refractivity contribution is 5.70. The van der Waals surface area contributed by atoms with E-state index in [2.05, 4.69) is 34.1 Å². The van der Waals surface area contributed by atoms with Crippen molar-refractivity contribution in [3.8, 4) is 0 Å². The maximum absolute atomic E-state index is 12.3. The number of anilines is 1. The van der Waals surface area contributed by atoms with Crippen LogP contribution in [0.15, 0.2) is 11.1 Å². The molecule has 0 bridgehead atoms. The van der Waals surface area contributed by atoms with E-state index in [0.29, 0.717) is 43.3 Å². The number of hydrogen-bond donors (Lipinski definition) is 4. The predicted octanol–water partition coefficient (Wildman–Crippen LogP) is 0.361. The number of nitrogens with zero attached hydrogens (tertiary/aromatic N) is 3. The maximum atomic E-state index is 12.3. The van der Waals surface area contributed by atoms with Crippen molar-refractivity contribution in [3.05, 3.63) is 16.7 Å². The minimum atomic E-state index is -1.03. The molecule has 0 radical (unpaired) electrons. The maximum Gasteiger partial charge on any atom is 0.280 e. The number of ether oxygens (including phenoxy) is 1. The first-order chi connectivity index (χ1) is 12.3. The van der Waals surface area contributed by atoms with E-state index < -0.39 is 23.5 Å². The van der Waals surface area contributed by atoms with Gasteiger partial charge in [-0.2, -0.15) is 4.98 Å². The third-order valence-electron chi connectivity index (χ3n) is 5.90. The summed E-state index contributed by atoms with van der Waals surface area (Å²) in [6.45, 7) is 4.81. The van der Waals surface area contributed by atoms with Crippen molar-refractivity contribution < 1.29 is 14.9 Å². The molecule has 5 rings (SSSR count). The Morgan fingerprint density at radius 2 is 2.23 bits per heavy atom. The first-order valence-corrected chi connectivity index (χ1v) is 9.11. The van der Waals surface area contributed by atoms with E-state index in [1.54, 1.807) is 4.57 Å². The quantitative estimate of drug-likeness (QED) is 0.619. The van der Waals surface area contributed by atoms with Crippen molar-refractivity contribution in [1.82, 2.24) is 19.5 Å². The lowest BCUT2D eigenvalue weighted by molar-refractivity contribution is -0.106. The number of rotatable bonds is 4. The number of nitrogens with one attached hydrogen (secondary N) is 2. The molecule has 9 nitrogen and oxygen atoms in total. The molecule has 2 aromatic heterocycles. The molecule has 1 saturated heterocycles. The molecule has 2 aliphatic carbocycles. The molecule has 140 valence electrons. The van der Waals surface area contributed by atoms with Gasteiger partial charge >= 0.3 is 0 Å². The zero-order valence-electron chi connectivity index (χ0n) is 14.8. The van der Waals surface area contributed by atoms with Gasteiger partial charge in [-0.25, -0.2) is 4.98 Å². The lowest BCUT2D eigenvalue weighted by atomic mass is 9.92. The number of imidazole rings is 1. The largest absolute Gasteiger partial charge is 0.387 e. The number of H-pyrrole nitrogens is 1. The molecule has 0 unspecified atom stereocenters. The fourth-order valence-corrected chi connectivity index (χ4v) is 4.53. The van der Waals surface area contributed by atoms with E-state index >= 15 is 0 Å². The van der Waals surface area contributed by atoms with Gasteiger partial charge in [0.25, 0.3) is 5.56 Å². The Hall–Kier alpha value is -1.97. The molecule has 2 aromatic rings. The lowest BCUT2D eigenvalue weighted by Crippen LogP contribution is -2.41. The Bertz CT molecular complexity index is 939. The molecular weight excluding hydrogens is 338 g/mol. The van der Waals surface area contributed by atoms with Crippen LogP contribution in [0.25, 0.3) is 11.2 Å². The van der Waals surface area contributed by atoms with Gasteiger partial charge in [0.1, 0.15) is 12.3 Å². The van der Waals surface area contributed by atoms with E-state index in [4.69, 9.17) is 4.74 Å². The average Bonchev–Trinajstić information content (AvgIpc) is 2.90. The number of hydrogen-bond acceptors (Lipinski definition) is 7. The first-order valence-electron chi connectivity index (χ1n) is 9.11. The van der Waals surface area contributed by atoms with E-state index in [-0.39, 0.29) is 17.0 Å². The molecule has 0 amide bonds. The fraction of sp³-hybridized carbons (Fsp3) is 0.706. The zero-order chi connectivity index (χ0) is 18.3. The average molecular weight is 361 g/mol. The summed E-state index contributed by atoms with van der Waals surface area (Å²) in [4.78, 5) is 23.6. The Labute approximate surface area is 149 Å². The highest BCUT2D eigenvalue weighted by Crippen LogP contribution is 2.65. The summed E-state index contributed by atoms with van der Waals surface area (Å²) < 4.78 is 7.71. The van der Waals surface area contributed by atoms with Crippen LogP contribution < -0.4 is 10.9 Å². The molecule has 3 aliphatic rings. The van der Waals surface area contributed by atoms with Crippen LogP contribution in [-0.2, 0) is 4.74 Å². The van der Waals surface area contributed by atoms with Gasteiger partial charge in [0, 0.05) is 13.0 Å². The van der Waals surface area contributed by atoms with Crippen molar-refractivity contribution in [3.63, 3.8) is 0 Å². The first kappa shape index (κ1) is 16.2. The van der Waals surface area contributed by atoms with Crippen LogP contribution in [0.1, 0.15) is 39.3 Å². The van der Waals surface area contributed by atoms with Crippen molar-refractivity contribution in [2.75, 3.05) is 11.9 Å². The van der Waals surface area contributed by atoms with Crippen LogP contribution >= 0.6 is 0 Å². The van der Waals surface area contributed by atoms with E-state index in [1.807, 2.05) is 0 Å². The summed E-state index contributed by atoms with van der Waals surface area (Å²) in [5, 5.41) is 24.5. The molecule has 1 aliphatic heterocycles. The summed E-state index contributed by atoms with van der Waals surface area (Å²) in [7, 11) is 0. The van der Waals surface area contributed by atoms with E-state index in [9.17, 15) is 15.0 Å². The van der Waals surface area contributed by atoms with Crippen LogP contribution in [0, 0.1) is 11.8 Å². The number of fused-ring (bicyclic) bond motifs is 4. The predicted molar refractivity (Wildman–Crippen MR) is 92.6 cm³/mol. The molecule has 0 aromatic carbocycles. The smallest absolute Gasteiger partial charge is 0.280 e. The second-order valence-electron chi connectivity index (χ2n) is 8.39. The van der Waals surface area contributed by atoms with Gasteiger partial charge in [0.2, 0.25) is 5.95 Å². The summed E-state index contributed by atoms with van der Waals surface area (Å²) in [5.41, 5.74) is -1.62. The molecule has 5 atom stereocenters. The minimum absolute atomic E-state index is 0.130. The van der Waals surface area contributed by atoms with Crippen LogP contribution in [0.2, 0.25) is 0 Å². The standard InChI is InChI=1S/C17H23N5O4/c1-8(2)6-18-15-20-12-11(13(23)21-15)19-7-22(12)10-5-16(24)3-9-4-17(9,25)14(16)26-10/h7-10,14,24-25H,3-6H2,1-2H3,(H2,18,20,21,23)/t9-,10+,14-,16-,17+/m0/s1. The Kier molecular flexibility index (Phi) is 3.15. The molecular formula is C17H23N5O4. The molecule has 26 heavy (non-hydrogen) atoms. The fourth-order valence-electron chi connectivity index (χ4n) is 4.53. The highest BCUT2D eigenvalue weighted by atomic mass is 16.6. The zero-order valence-corrected chi connectivity index (χ0v) is 14.8. The van der Waals surface area contributed by atoms with Gasteiger partial charge in [-0.3, -0.25) is 14.3 Å². The van der Waals surface area contributed by atoms with E-state index in [0.717, 1.165) is 0 Å². The van der Waals surface area contributed by atoms with Crippen molar-refractivity contribution in [1.29, 1.82) is 0 Å². The summed E-state index contributed by atoms with van der Waals surface area (Å²) >= 11 is 0. The van der Waals surface area contributed by atoms with Gasteiger partial charge in [0.15, 0.2) is 11.2 Å². The van der Waals surface area contributed by atoms with Crippen molar-refractivity contribution >= 4 is 17.1 Å². The monoisotopic (exact) mass is 361 g/mol. The number of aromatic amines is 1. The molecule has 4 N–H and O–H groups in total. The second kappa shape index (κ2) is 5.05. The van der Waals surface area contributed by atoms with Gasteiger partial charge in [-0.1, -0.05) is 13.8 Å². The molecule has 9 heteroatoms. The highest BCUT2D eigenvalue weighted by Gasteiger charge is 2.75. The molecule has 3 heterocycles. The number of aliphatic hydroxyl groups is 2. The van der Waals surface area contributed by atoms with Gasteiger partial charge in [0.05, 0.1) is 17.5 Å². The summed E-state index contributed by atoms with van der Waals surface area (Å²) in [6.07, 6.45) is 1.99. The minimum Gasteiger partial charge on any atom is -0.387 e. The molecule has 3 fully saturated rings. The normalized spacial score (nSPS) is 38.0. The SMILES string of the molecule is CC(C)CNc1nc2c(ncn2[C@H]2C[C@@]3(O)C[C@H]4C[C@]4(O)[C@H]3O2)c(=O)[nH]1. The van der Waals surface area contributed by atoms with Crippen LogP contribution in [0.5, 0.6) is 0 Å². The van der Waals surface area contributed by atoms with Crippen molar-refractivity contribution in [2.45, 2.75) is 56.6 Å². The molecule has 2 saturated carbocycles. The van der Waals surface area contributed by atoms with Gasteiger partial charge in [-0.15, -0.1) is 0 Å². The summed E-state index contributed by atoms with van der Waals surface area (Å²) in [6, 6.07) is 0. The third-order valence-corrected chi connectivity index (χ3v) is 5.90. The number of aromatic nitrogens is 4. The Balaban J connectivity index is 1.49. The van der Waals surface area contributed by atoms with Gasteiger partial charge in [-0.05, 0) is 24.7 Å². The van der Waals surface area contributed by atoms with Crippen molar-refractivity contribution in [2.24, 2.45) is 11.8 Å². The Morgan fingerprint density at radius 3 is 2.96 bits per heavy atom. The second-order valence-corrected chi connectivity index (χ2v) is 8.39. The summed E-state index contributed by atoms with van der Waals surface area (Å²) in [5.74, 6) is 0.918. The molecule has 0 spiro atoms. The van der Waals surface area contributed by atoms with Crippen LogP contribution in [0.4, 0.5) is 5.95 Å². The van der Waals surface area contributed by atoms with Gasteiger partial charge < -0.3 is 20.3 Å². The third kappa shape index (κ3) is 2.17. The Morgan fingerprint density at radius 1 is 1.42 bits per heavy atom. The topological polar surface area (TPSA) is 125 Å². The van der Waals surface area contributed by atoms with Crippen LogP contribution in [-0.4, -0.2) is 53.6 Å².